The van der Waals surface area contributed by atoms with E-state index in [0.717, 1.165) is 0 Å². The third kappa shape index (κ3) is 2.03. The Labute approximate surface area is 79.9 Å². The first kappa shape index (κ1) is 9.67. The Hall–Kier alpha value is -1.42. The maximum Gasteiger partial charge on any atom is 0.269 e. The number of aromatic nitrogens is 1. The Bertz CT molecular complexity index is 352. The van der Waals surface area contributed by atoms with Crippen LogP contribution in [0.2, 0.25) is 5.15 Å². The van der Waals surface area contributed by atoms with Gasteiger partial charge in [-0.1, -0.05) is 11.6 Å². The molecular weight excluding hydrogens is 192 g/mol. The molecule has 0 fully saturated rings. The summed E-state index contributed by atoms with van der Waals surface area (Å²) in [6, 6.07) is 2.89. The Morgan fingerprint density at radius 3 is 2.77 bits per heavy atom. The van der Waals surface area contributed by atoms with Crippen molar-refractivity contribution >= 4 is 23.8 Å². The van der Waals surface area contributed by atoms with Gasteiger partial charge in [0.2, 0.25) is 0 Å². The van der Waals surface area contributed by atoms with Crippen LogP contribution in [0, 0.1) is 0 Å². The van der Waals surface area contributed by atoms with Crippen LogP contribution in [0.3, 0.4) is 0 Å². The lowest BCUT2D eigenvalue weighted by Gasteiger charge is -2.00. The summed E-state index contributed by atoms with van der Waals surface area (Å²) in [7, 11) is 1.49. The summed E-state index contributed by atoms with van der Waals surface area (Å²) in [6.45, 7) is 0. The molecule has 0 saturated heterocycles. The maximum atomic E-state index is 11.0. The molecule has 1 N–H and O–H groups in total. The molecular formula is C8H7ClN2O2. The van der Waals surface area contributed by atoms with Crippen molar-refractivity contribution in [3.8, 4) is 0 Å². The zero-order valence-electron chi connectivity index (χ0n) is 6.87. The molecule has 68 valence electrons. The molecule has 0 aromatic carbocycles. The SMILES string of the molecule is CNC(=O)c1ccc(C=O)c(Cl)n1. The molecule has 1 amide bonds. The second kappa shape index (κ2) is 4.00. The number of carbonyl (C=O) groups excluding carboxylic acids is 2. The molecule has 0 aliphatic heterocycles. The summed E-state index contributed by atoms with van der Waals surface area (Å²) in [5.41, 5.74) is 0.465. The second-order valence-corrected chi connectivity index (χ2v) is 2.63. The lowest BCUT2D eigenvalue weighted by atomic mass is 10.2. The molecule has 0 atom stereocenters. The van der Waals surface area contributed by atoms with Gasteiger partial charge in [-0.25, -0.2) is 4.98 Å². The summed E-state index contributed by atoms with van der Waals surface area (Å²) in [4.78, 5) is 25.1. The predicted molar refractivity (Wildman–Crippen MR) is 48.0 cm³/mol. The molecule has 0 spiro atoms. The zero-order valence-corrected chi connectivity index (χ0v) is 7.63. The van der Waals surface area contributed by atoms with E-state index >= 15 is 0 Å². The number of aldehydes is 1. The van der Waals surface area contributed by atoms with Crippen molar-refractivity contribution in [1.82, 2.24) is 10.3 Å². The van der Waals surface area contributed by atoms with Gasteiger partial charge in [0.25, 0.3) is 5.91 Å². The van der Waals surface area contributed by atoms with Gasteiger partial charge in [0.15, 0.2) is 6.29 Å². The van der Waals surface area contributed by atoms with Gasteiger partial charge in [0.05, 0.1) is 5.56 Å². The minimum atomic E-state index is -0.334. The van der Waals surface area contributed by atoms with Gasteiger partial charge < -0.3 is 5.32 Å². The average molecular weight is 199 g/mol. The van der Waals surface area contributed by atoms with Crippen LogP contribution < -0.4 is 5.32 Å². The Kier molecular flexibility index (Phi) is 2.97. The summed E-state index contributed by atoms with van der Waals surface area (Å²) < 4.78 is 0. The number of halogens is 1. The number of pyridine rings is 1. The zero-order chi connectivity index (χ0) is 9.84. The number of nitrogens with zero attached hydrogens (tertiary/aromatic N) is 1. The summed E-state index contributed by atoms with van der Waals surface area (Å²) in [5, 5.41) is 2.44. The predicted octanol–water partition coefficient (Wildman–Crippen LogP) is 0.907. The van der Waals surface area contributed by atoms with Crippen LogP contribution in [0.4, 0.5) is 0 Å². The quantitative estimate of drug-likeness (QED) is 0.568. The molecule has 5 heteroatoms. The first-order valence-electron chi connectivity index (χ1n) is 3.53. The number of hydrogen-bond donors (Lipinski definition) is 1. The Morgan fingerprint density at radius 2 is 2.31 bits per heavy atom. The minimum absolute atomic E-state index is 0.0381. The third-order valence-electron chi connectivity index (χ3n) is 1.46. The number of rotatable bonds is 2. The molecule has 1 heterocycles. The van der Waals surface area contributed by atoms with Crippen LogP contribution in [0.1, 0.15) is 20.8 Å². The Morgan fingerprint density at radius 1 is 1.62 bits per heavy atom. The molecule has 0 aliphatic carbocycles. The highest BCUT2D eigenvalue weighted by atomic mass is 35.5. The summed E-state index contributed by atoms with van der Waals surface area (Å²) >= 11 is 5.61. The monoisotopic (exact) mass is 198 g/mol. The minimum Gasteiger partial charge on any atom is -0.354 e. The van der Waals surface area contributed by atoms with E-state index in [2.05, 4.69) is 10.3 Å². The summed E-state index contributed by atoms with van der Waals surface area (Å²) in [6.07, 6.45) is 0.586. The first-order valence-corrected chi connectivity index (χ1v) is 3.90. The van der Waals surface area contributed by atoms with E-state index in [9.17, 15) is 9.59 Å². The van der Waals surface area contributed by atoms with Gasteiger partial charge in [0, 0.05) is 7.05 Å². The van der Waals surface area contributed by atoms with Gasteiger partial charge >= 0.3 is 0 Å². The fourth-order valence-corrected chi connectivity index (χ4v) is 0.986. The van der Waals surface area contributed by atoms with Gasteiger partial charge in [-0.3, -0.25) is 9.59 Å². The molecule has 0 unspecified atom stereocenters. The van der Waals surface area contributed by atoms with Crippen LogP contribution in [0.25, 0.3) is 0 Å². The first-order chi connectivity index (χ1) is 6.19. The van der Waals surface area contributed by atoms with Crippen molar-refractivity contribution in [2.75, 3.05) is 7.05 Å². The van der Waals surface area contributed by atoms with E-state index in [1.165, 1.54) is 19.2 Å². The van der Waals surface area contributed by atoms with Crippen molar-refractivity contribution in [2.24, 2.45) is 0 Å². The lowest BCUT2D eigenvalue weighted by Crippen LogP contribution is -2.19. The largest absolute Gasteiger partial charge is 0.354 e. The van der Waals surface area contributed by atoms with Crippen LogP contribution in [0.5, 0.6) is 0 Å². The standard InChI is InChI=1S/C8H7ClN2O2/c1-10-8(13)6-3-2-5(4-12)7(9)11-6/h2-4H,1H3,(H,10,13). The van der Waals surface area contributed by atoms with Gasteiger partial charge in [-0.15, -0.1) is 0 Å². The van der Waals surface area contributed by atoms with Gasteiger partial charge in [0.1, 0.15) is 10.8 Å². The highest BCUT2D eigenvalue weighted by Gasteiger charge is 2.07. The number of amides is 1. The molecule has 1 rings (SSSR count). The van der Waals surface area contributed by atoms with Crippen molar-refractivity contribution in [2.45, 2.75) is 0 Å². The van der Waals surface area contributed by atoms with Crippen LogP contribution in [0.15, 0.2) is 12.1 Å². The third-order valence-corrected chi connectivity index (χ3v) is 1.77. The van der Waals surface area contributed by atoms with Crippen molar-refractivity contribution in [1.29, 1.82) is 0 Å². The normalized spacial score (nSPS) is 9.38. The van der Waals surface area contributed by atoms with Crippen molar-refractivity contribution in [3.63, 3.8) is 0 Å². The second-order valence-electron chi connectivity index (χ2n) is 2.27. The number of hydrogen-bond acceptors (Lipinski definition) is 3. The van der Waals surface area contributed by atoms with Crippen LogP contribution in [-0.4, -0.2) is 24.2 Å². The topological polar surface area (TPSA) is 59.1 Å². The molecule has 1 aromatic heterocycles. The van der Waals surface area contributed by atoms with Crippen molar-refractivity contribution in [3.05, 3.63) is 28.5 Å². The molecule has 0 bridgehead atoms. The fourth-order valence-electron chi connectivity index (χ4n) is 0.787. The molecule has 0 radical (unpaired) electrons. The number of nitrogens with one attached hydrogen (secondary N) is 1. The molecule has 13 heavy (non-hydrogen) atoms. The maximum absolute atomic E-state index is 11.0. The van der Waals surface area contributed by atoms with Crippen LogP contribution >= 0.6 is 11.6 Å². The molecule has 1 aromatic rings. The van der Waals surface area contributed by atoms with Gasteiger partial charge in [-0.2, -0.15) is 0 Å². The van der Waals surface area contributed by atoms with E-state index in [4.69, 9.17) is 11.6 Å². The molecule has 0 aliphatic rings. The highest BCUT2D eigenvalue weighted by molar-refractivity contribution is 6.31. The van der Waals surface area contributed by atoms with E-state index < -0.39 is 0 Å². The van der Waals surface area contributed by atoms with Crippen LogP contribution in [-0.2, 0) is 0 Å². The van der Waals surface area contributed by atoms with Crippen molar-refractivity contribution < 1.29 is 9.59 Å². The molecule has 4 nitrogen and oxygen atoms in total. The van der Waals surface area contributed by atoms with E-state index in [-0.39, 0.29) is 22.3 Å². The average Bonchev–Trinajstić information content (AvgIpc) is 2.16. The number of carbonyl (C=O) groups is 2. The lowest BCUT2D eigenvalue weighted by molar-refractivity contribution is 0.0957. The molecule has 0 saturated carbocycles. The van der Waals surface area contributed by atoms with E-state index in [1.54, 1.807) is 0 Å². The Balaban J connectivity index is 3.09. The fraction of sp³-hybridized carbons (Fsp3) is 0.125. The smallest absolute Gasteiger partial charge is 0.269 e. The summed E-state index contributed by atoms with van der Waals surface area (Å²) in [5.74, 6) is -0.334. The van der Waals surface area contributed by atoms with Gasteiger partial charge in [-0.05, 0) is 12.1 Å². The highest BCUT2D eigenvalue weighted by Crippen LogP contribution is 2.11. The van der Waals surface area contributed by atoms with E-state index in [0.29, 0.717) is 6.29 Å². The van der Waals surface area contributed by atoms with E-state index in [1.807, 2.05) is 0 Å².